The zero-order valence-corrected chi connectivity index (χ0v) is 9.96. The number of unbranched alkanes of at least 4 members (excludes halogenated alkanes) is 7. The van der Waals surface area contributed by atoms with Crippen LogP contribution in [-0.2, 0) is 0 Å². The summed E-state index contributed by atoms with van der Waals surface area (Å²) in [7, 11) is 0. The van der Waals surface area contributed by atoms with E-state index in [2.05, 4.69) is 18.7 Å². The predicted molar refractivity (Wildman–Crippen MR) is 69.8 cm³/mol. The minimum absolute atomic E-state index is 1.07. The monoisotopic (exact) mass is 205 g/mol. The van der Waals surface area contributed by atoms with Crippen molar-refractivity contribution in [3.63, 3.8) is 0 Å². The highest BCUT2D eigenvalue weighted by molar-refractivity contribution is 4.84. The molecule has 0 N–H and O–H groups in total. The van der Waals surface area contributed by atoms with Crippen LogP contribution in [0.15, 0.2) is 30.9 Å². The molecule has 0 nitrogen and oxygen atoms in total. The lowest BCUT2D eigenvalue weighted by Gasteiger charge is -1.97. The molecule has 0 heterocycles. The molecule has 0 bridgehead atoms. The molecule has 0 amide bonds. The van der Waals surface area contributed by atoms with Crippen molar-refractivity contribution in [1.82, 2.24) is 0 Å². The molecule has 0 aliphatic heterocycles. The summed E-state index contributed by atoms with van der Waals surface area (Å²) in [6.45, 7) is 9.01. The van der Waals surface area contributed by atoms with Crippen LogP contribution in [0.5, 0.6) is 0 Å². The molecule has 15 heavy (non-hydrogen) atoms. The first kappa shape index (κ1) is 14.2. The Morgan fingerprint density at radius 1 is 0.733 bits per heavy atom. The summed E-state index contributed by atoms with van der Waals surface area (Å²) in [5.41, 5.74) is 0. The Balaban J connectivity index is 3.00. The normalized spacial score (nSPS) is 10.7. The number of rotatable bonds is 11. The second-order valence-electron chi connectivity index (χ2n) is 3.92. The Labute approximate surface area is 95.8 Å². The van der Waals surface area contributed by atoms with Gasteiger partial charge >= 0.3 is 0 Å². The van der Waals surface area contributed by atoms with Crippen molar-refractivity contribution in [3.05, 3.63) is 37.5 Å². The number of hydrogen-bond donors (Lipinski definition) is 0. The second-order valence-corrected chi connectivity index (χ2v) is 3.92. The summed E-state index contributed by atoms with van der Waals surface area (Å²) < 4.78 is 0. The van der Waals surface area contributed by atoms with E-state index in [1.54, 1.807) is 6.08 Å². The highest BCUT2D eigenvalue weighted by atomic mass is 13.9. The van der Waals surface area contributed by atoms with Crippen LogP contribution < -0.4 is 0 Å². The molecular weight excluding hydrogens is 180 g/mol. The van der Waals surface area contributed by atoms with Gasteiger partial charge in [0.1, 0.15) is 0 Å². The lowest BCUT2D eigenvalue weighted by molar-refractivity contribution is 0.621. The topological polar surface area (TPSA) is 0 Å². The molecule has 0 rings (SSSR count). The van der Waals surface area contributed by atoms with E-state index in [1.807, 2.05) is 6.08 Å². The van der Waals surface area contributed by atoms with E-state index < -0.39 is 0 Å². The van der Waals surface area contributed by atoms with Crippen molar-refractivity contribution in [3.8, 4) is 0 Å². The van der Waals surface area contributed by atoms with Gasteiger partial charge in [0.05, 0.1) is 0 Å². The Morgan fingerprint density at radius 3 is 2.00 bits per heavy atom. The Morgan fingerprint density at radius 2 is 1.33 bits per heavy atom. The summed E-state index contributed by atoms with van der Waals surface area (Å²) in [5, 5.41) is 0. The molecule has 85 valence electrons. The van der Waals surface area contributed by atoms with Gasteiger partial charge in [0.15, 0.2) is 0 Å². The van der Waals surface area contributed by atoms with Gasteiger partial charge in [-0.2, -0.15) is 0 Å². The average Bonchev–Trinajstić information content (AvgIpc) is 2.26. The minimum Gasteiger partial charge on any atom is -0.103 e. The standard InChI is InChI=1S/C15H25/c1-3-5-7-9-11-13-15-14-12-10-8-6-4-2/h1,3-4,10,12H,2,5-9,11,13-15H2. The maximum atomic E-state index is 5.31. The Kier molecular flexibility index (Phi) is 12.5. The molecule has 0 heteroatoms. The van der Waals surface area contributed by atoms with E-state index in [0.29, 0.717) is 0 Å². The zero-order chi connectivity index (χ0) is 11.2. The van der Waals surface area contributed by atoms with E-state index in [4.69, 9.17) is 6.58 Å². The van der Waals surface area contributed by atoms with Gasteiger partial charge in [-0.05, 0) is 38.5 Å². The maximum absolute atomic E-state index is 5.31. The highest BCUT2D eigenvalue weighted by Gasteiger charge is 1.88. The molecule has 0 unspecified atom stereocenters. The van der Waals surface area contributed by atoms with Gasteiger partial charge in [-0.3, -0.25) is 0 Å². The van der Waals surface area contributed by atoms with Gasteiger partial charge in [0.25, 0.3) is 0 Å². The van der Waals surface area contributed by atoms with Crippen LogP contribution >= 0.6 is 0 Å². The van der Waals surface area contributed by atoms with Crippen molar-refractivity contribution >= 4 is 0 Å². The number of hydrogen-bond acceptors (Lipinski definition) is 0. The van der Waals surface area contributed by atoms with Crippen molar-refractivity contribution < 1.29 is 0 Å². The molecule has 0 spiro atoms. The molecule has 0 atom stereocenters. The zero-order valence-electron chi connectivity index (χ0n) is 9.96. The quantitative estimate of drug-likeness (QED) is 0.320. The molecule has 0 saturated carbocycles. The summed E-state index contributed by atoms with van der Waals surface area (Å²) in [6, 6.07) is 0. The van der Waals surface area contributed by atoms with Crippen LogP contribution in [-0.4, -0.2) is 0 Å². The van der Waals surface area contributed by atoms with E-state index in [9.17, 15) is 0 Å². The smallest absolute Gasteiger partial charge is 0.0316 e. The van der Waals surface area contributed by atoms with Crippen LogP contribution in [0.2, 0.25) is 0 Å². The fraction of sp³-hybridized carbons (Fsp3) is 0.600. The summed E-state index contributed by atoms with van der Waals surface area (Å²) in [5.74, 6) is 0. The van der Waals surface area contributed by atoms with Crippen molar-refractivity contribution in [2.24, 2.45) is 0 Å². The van der Waals surface area contributed by atoms with Crippen molar-refractivity contribution in [2.75, 3.05) is 0 Å². The molecule has 0 aromatic carbocycles. The third kappa shape index (κ3) is 13.2. The molecule has 0 aromatic heterocycles. The summed E-state index contributed by atoms with van der Waals surface area (Å²) in [6.07, 6.45) is 19.5. The lowest BCUT2D eigenvalue weighted by atomic mass is 10.1. The first-order valence-corrected chi connectivity index (χ1v) is 6.21. The van der Waals surface area contributed by atoms with Crippen LogP contribution in [0, 0.1) is 6.58 Å². The van der Waals surface area contributed by atoms with E-state index in [1.165, 1.54) is 38.5 Å². The molecule has 0 aromatic rings. The van der Waals surface area contributed by atoms with Gasteiger partial charge in [0, 0.05) is 0 Å². The van der Waals surface area contributed by atoms with Crippen LogP contribution in [0.1, 0.15) is 57.8 Å². The molecular formula is C15H25. The van der Waals surface area contributed by atoms with Crippen molar-refractivity contribution in [1.29, 1.82) is 0 Å². The first-order valence-electron chi connectivity index (χ1n) is 6.21. The second kappa shape index (κ2) is 13.2. The van der Waals surface area contributed by atoms with Crippen LogP contribution in [0.4, 0.5) is 0 Å². The summed E-state index contributed by atoms with van der Waals surface area (Å²) in [4.78, 5) is 0. The third-order valence-electron chi connectivity index (χ3n) is 2.45. The average molecular weight is 205 g/mol. The lowest BCUT2D eigenvalue weighted by Crippen LogP contribution is -1.78. The fourth-order valence-electron chi connectivity index (χ4n) is 1.50. The highest BCUT2D eigenvalue weighted by Crippen LogP contribution is 2.07. The maximum Gasteiger partial charge on any atom is -0.0316 e. The third-order valence-corrected chi connectivity index (χ3v) is 2.45. The molecule has 0 fully saturated rings. The molecule has 1 radical (unpaired) electrons. The van der Waals surface area contributed by atoms with Crippen LogP contribution in [0.25, 0.3) is 0 Å². The molecule has 0 aliphatic rings. The van der Waals surface area contributed by atoms with Crippen molar-refractivity contribution in [2.45, 2.75) is 57.8 Å². The Hall–Kier alpha value is -0.780. The van der Waals surface area contributed by atoms with Gasteiger partial charge in [-0.25, -0.2) is 0 Å². The minimum atomic E-state index is 1.07. The van der Waals surface area contributed by atoms with Gasteiger partial charge in [0.2, 0.25) is 0 Å². The van der Waals surface area contributed by atoms with E-state index in [0.717, 1.165) is 19.3 Å². The first-order chi connectivity index (χ1) is 7.41. The fourth-order valence-corrected chi connectivity index (χ4v) is 1.50. The predicted octanol–water partition coefficient (Wildman–Crippen LogP) is 5.23. The van der Waals surface area contributed by atoms with Crippen LogP contribution in [0.3, 0.4) is 0 Å². The van der Waals surface area contributed by atoms with Gasteiger partial charge in [-0.1, -0.05) is 50.1 Å². The Bertz CT molecular complexity index is 165. The molecule has 0 aliphatic carbocycles. The molecule has 0 saturated heterocycles. The van der Waals surface area contributed by atoms with E-state index >= 15 is 0 Å². The van der Waals surface area contributed by atoms with E-state index in [-0.39, 0.29) is 0 Å². The SMILES string of the molecule is [CH]=CCCCCCCCC=CCCC=C. The largest absolute Gasteiger partial charge is 0.103 e. The van der Waals surface area contributed by atoms with Gasteiger partial charge in [-0.15, -0.1) is 6.58 Å². The summed E-state index contributed by atoms with van der Waals surface area (Å²) >= 11 is 0. The van der Waals surface area contributed by atoms with Gasteiger partial charge < -0.3 is 0 Å². The number of allylic oxidation sites excluding steroid dienone is 4.